The number of aromatic carboxylic acids is 1. The number of benzene rings is 1. The molecule has 0 saturated heterocycles. The molecule has 5 heteroatoms. The van der Waals surface area contributed by atoms with Gasteiger partial charge in [0.05, 0.1) is 5.56 Å². The van der Waals surface area contributed by atoms with E-state index in [0.717, 1.165) is 5.52 Å². The Morgan fingerprint density at radius 2 is 2.19 bits per heavy atom. The van der Waals surface area contributed by atoms with Gasteiger partial charge in [-0.05, 0) is 18.2 Å². The number of nitrogens with zero attached hydrogens (tertiary/aromatic N) is 1. The van der Waals surface area contributed by atoms with E-state index < -0.39 is 5.97 Å². The number of hydrogen-bond donors (Lipinski definition) is 3. The summed E-state index contributed by atoms with van der Waals surface area (Å²) in [6, 6.07) is 4.70. The zero-order valence-electron chi connectivity index (χ0n) is 8.64. The third-order valence-corrected chi connectivity index (χ3v) is 2.97. The van der Waals surface area contributed by atoms with Gasteiger partial charge >= 0.3 is 5.97 Å². The monoisotopic (exact) mass is 237 g/mol. The van der Waals surface area contributed by atoms with E-state index >= 15 is 0 Å². The number of rotatable bonds is 2. The highest BCUT2D eigenvalue weighted by atomic mass is 32.1. The number of carbonyl (C=O) groups is 1. The first kappa shape index (κ1) is 10.9. The average molecular weight is 237 g/mol. The van der Waals surface area contributed by atoms with Crippen LogP contribution in [-0.2, 0) is 12.8 Å². The lowest BCUT2D eigenvalue weighted by atomic mass is 10.1. The fourth-order valence-corrected chi connectivity index (χ4v) is 2.28. The molecule has 2 aromatic rings. The SMILES string of the molecule is Cn1c(CS)c(C(=O)O)c2cc(O)ccc21. The molecule has 0 fully saturated rings. The van der Waals surface area contributed by atoms with Gasteiger partial charge in [-0.3, -0.25) is 0 Å². The quantitative estimate of drug-likeness (QED) is 0.700. The Labute approximate surface area is 97.5 Å². The summed E-state index contributed by atoms with van der Waals surface area (Å²) in [7, 11) is 1.79. The zero-order chi connectivity index (χ0) is 11.9. The molecule has 0 radical (unpaired) electrons. The molecule has 0 atom stereocenters. The summed E-state index contributed by atoms with van der Waals surface area (Å²) in [5.41, 5.74) is 1.62. The number of aromatic hydroxyl groups is 1. The van der Waals surface area contributed by atoms with E-state index in [-0.39, 0.29) is 11.3 Å². The first-order valence-electron chi connectivity index (χ1n) is 4.70. The Hall–Kier alpha value is -1.62. The van der Waals surface area contributed by atoms with Gasteiger partial charge in [0.25, 0.3) is 0 Å². The van der Waals surface area contributed by atoms with Crippen molar-refractivity contribution < 1.29 is 15.0 Å². The number of aromatic nitrogens is 1. The second-order valence-corrected chi connectivity index (χ2v) is 3.86. The van der Waals surface area contributed by atoms with Crippen LogP contribution in [0.4, 0.5) is 0 Å². The summed E-state index contributed by atoms with van der Waals surface area (Å²) in [4.78, 5) is 11.2. The number of hydrogen-bond acceptors (Lipinski definition) is 3. The molecule has 2 rings (SSSR count). The molecule has 1 aromatic heterocycles. The Morgan fingerprint density at radius 1 is 1.50 bits per heavy atom. The van der Waals surface area contributed by atoms with Crippen LogP contribution in [0.1, 0.15) is 16.1 Å². The van der Waals surface area contributed by atoms with Crippen LogP contribution in [0.3, 0.4) is 0 Å². The van der Waals surface area contributed by atoms with Crippen molar-refractivity contribution in [1.29, 1.82) is 0 Å². The van der Waals surface area contributed by atoms with Gasteiger partial charge in [0.15, 0.2) is 0 Å². The van der Waals surface area contributed by atoms with Crippen molar-refractivity contribution in [3.05, 3.63) is 29.5 Å². The third kappa shape index (κ3) is 1.44. The summed E-state index contributed by atoms with van der Waals surface area (Å²) < 4.78 is 1.78. The van der Waals surface area contributed by atoms with Crippen LogP contribution in [0.25, 0.3) is 10.9 Å². The van der Waals surface area contributed by atoms with Gasteiger partial charge in [-0.2, -0.15) is 12.6 Å². The van der Waals surface area contributed by atoms with Gasteiger partial charge in [-0.25, -0.2) is 4.79 Å². The summed E-state index contributed by atoms with van der Waals surface area (Å²) in [5.74, 6) is -0.598. The molecule has 0 bridgehead atoms. The minimum absolute atomic E-state index is 0.0614. The molecule has 1 heterocycles. The van der Waals surface area contributed by atoms with Gasteiger partial charge in [0.1, 0.15) is 5.75 Å². The Bertz CT molecular complexity index is 574. The van der Waals surface area contributed by atoms with E-state index in [9.17, 15) is 15.0 Å². The predicted molar refractivity (Wildman–Crippen MR) is 64.2 cm³/mol. The number of carboxylic acid groups (broad SMARTS) is 1. The van der Waals surface area contributed by atoms with Gasteiger partial charge in [0.2, 0.25) is 0 Å². The van der Waals surface area contributed by atoms with Gasteiger partial charge in [-0.15, -0.1) is 0 Å². The van der Waals surface area contributed by atoms with Crippen LogP contribution in [0.15, 0.2) is 18.2 Å². The molecule has 84 valence electrons. The fourth-order valence-electron chi connectivity index (χ4n) is 1.91. The molecule has 16 heavy (non-hydrogen) atoms. The molecule has 2 N–H and O–H groups in total. The highest BCUT2D eigenvalue weighted by Crippen LogP contribution is 2.29. The molecular weight excluding hydrogens is 226 g/mol. The number of thiol groups is 1. The summed E-state index contributed by atoms with van der Waals surface area (Å²) in [6.45, 7) is 0. The van der Waals surface area contributed by atoms with Crippen LogP contribution in [-0.4, -0.2) is 20.7 Å². The van der Waals surface area contributed by atoms with E-state index in [1.165, 1.54) is 12.1 Å². The molecule has 0 saturated carbocycles. The van der Waals surface area contributed by atoms with E-state index in [0.29, 0.717) is 16.8 Å². The fraction of sp³-hybridized carbons (Fsp3) is 0.182. The largest absolute Gasteiger partial charge is 0.508 e. The number of carboxylic acids is 1. The van der Waals surface area contributed by atoms with Crippen molar-refractivity contribution in [3.63, 3.8) is 0 Å². The number of aryl methyl sites for hydroxylation is 1. The molecule has 0 unspecified atom stereocenters. The second kappa shape index (κ2) is 3.75. The van der Waals surface area contributed by atoms with Crippen LogP contribution in [0.2, 0.25) is 0 Å². The normalized spacial score (nSPS) is 10.9. The third-order valence-electron chi connectivity index (χ3n) is 2.67. The van der Waals surface area contributed by atoms with Crippen molar-refractivity contribution in [1.82, 2.24) is 4.57 Å². The van der Waals surface area contributed by atoms with Crippen molar-refractivity contribution in [2.24, 2.45) is 7.05 Å². The lowest BCUT2D eigenvalue weighted by molar-refractivity contribution is 0.0698. The van der Waals surface area contributed by atoms with Crippen LogP contribution in [0.5, 0.6) is 5.75 Å². The highest BCUT2D eigenvalue weighted by Gasteiger charge is 2.19. The van der Waals surface area contributed by atoms with Crippen molar-refractivity contribution >= 4 is 29.5 Å². The molecule has 1 aromatic carbocycles. The maximum absolute atomic E-state index is 11.2. The Balaban J connectivity index is 2.92. The molecule has 0 aliphatic heterocycles. The second-order valence-electron chi connectivity index (χ2n) is 3.55. The Morgan fingerprint density at radius 3 is 2.75 bits per heavy atom. The maximum atomic E-state index is 11.2. The summed E-state index contributed by atoms with van der Waals surface area (Å²) in [6.07, 6.45) is 0. The van der Waals surface area contributed by atoms with E-state index in [1.807, 2.05) is 0 Å². The molecule has 0 aliphatic rings. The standard InChI is InChI=1S/C11H11NO3S/c1-12-8-3-2-6(13)4-7(8)10(11(14)15)9(12)5-16/h2-4,13,16H,5H2,1H3,(H,14,15). The molecule has 0 amide bonds. The highest BCUT2D eigenvalue weighted by molar-refractivity contribution is 7.79. The van der Waals surface area contributed by atoms with Gasteiger partial charge in [-0.1, -0.05) is 0 Å². The predicted octanol–water partition coefficient (Wildman–Crippen LogP) is 2.01. The van der Waals surface area contributed by atoms with Crippen LogP contribution < -0.4 is 0 Å². The number of phenolic OH excluding ortho intramolecular Hbond substituents is 1. The molecule has 0 aliphatic carbocycles. The minimum Gasteiger partial charge on any atom is -0.508 e. The van der Waals surface area contributed by atoms with Gasteiger partial charge in [0, 0.05) is 29.4 Å². The maximum Gasteiger partial charge on any atom is 0.338 e. The van der Waals surface area contributed by atoms with Crippen molar-refractivity contribution in [2.75, 3.05) is 0 Å². The zero-order valence-corrected chi connectivity index (χ0v) is 9.53. The van der Waals surface area contributed by atoms with Crippen molar-refractivity contribution in [3.8, 4) is 5.75 Å². The summed E-state index contributed by atoms with van der Waals surface area (Å²) >= 11 is 4.13. The first-order valence-corrected chi connectivity index (χ1v) is 5.34. The molecular formula is C11H11NO3S. The van der Waals surface area contributed by atoms with Crippen molar-refractivity contribution in [2.45, 2.75) is 5.75 Å². The van der Waals surface area contributed by atoms with E-state index in [4.69, 9.17) is 0 Å². The number of phenols is 1. The lowest BCUT2D eigenvalue weighted by Gasteiger charge is -2.00. The summed E-state index contributed by atoms with van der Waals surface area (Å²) in [5, 5.41) is 19.1. The van der Waals surface area contributed by atoms with Crippen LogP contribution >= 0.6 is 12.6 Å². The lowest BCUT2D eigenvalue weighted by Crippen LogP contribution is -2.02. The Kier molecular flexibility index (Phi) is 2.55. The van der Waals surface area contributed by atoms with Crippen LogP contribution in [0, 0.1) is 0 Å². The smallest absolute Gasteiger partial charge is 0.338 e. The number of fused-ring (bicyclic) bond motifs is 1. The average Bonchev–Trinajstić information content (AvgIpc) is 2.50. The van der Waals surface area contributed by atoms with E-state index in [2.05, 4.69) is 12.6 Å². The van der Waals surface area contributed by atoms with Gasteiger partial charge < -0.3 is 14.8 Å². The minimum atomic E-state index is -1.000. The molecule has 4 nitrogen and oxygen atoms in total. The molecule has 0 spiro atoms. The topological polar surface area (TPSA) is 62.5 Å². The van der Waals surface area contributed by atoms with E-state index in [1.54, 1.807) is 17.7 Å². The first-order chi connectivity index (χ1) is 7.56.